The summed E-state index contributed by atoms with van der Waals surface area (Å²) < 4.78 is 0. The minimum absolute atomic E-state index is 0.235. The number of carbonyl (C=O) groups is 1. The van der Waals surface area contributed by atoms with E-state index in [4.69, 9.17) is 5.73 Å². The predicted octanol–water partition coefficient (Wildman–Crippen LogP) is 0.606. The molecule has 0 aliphatic carbocycles. The number of hydrogen-bond acceptors (Lipinski definition) is 4. The molecule has 0 bridgehead atoms. The van der Waals surface area contributed by atoms with E-state index < -0.39 is 0 Å². The molecule has 0 aliphatic heterocycles. The maximum absolute atomic E-state index is 12.2. The van der Waals surface area contributed by atoms with E-state index in [-0.39, 0.29) is 24.2 Å². The van der Waals surface area contributed by atoms with Gasteiger partial charge in [0.05, 0.1) is 18.2 Å². The van der Waals surface area contributed by atoms with Crippen molar-refractivity contribution in [1.29, 1.82) is 0 Å². The molecule has 1 unspecified atom stereocenters. The molecule has 0 saturated carbocycles. The van der Waals surface area contributed by atoms with Crippen LogP contribution < -0.4 is 11.1 Å². The van der Waals surface area contributed by atoms with E-state index in [1.165, 1.54) is 0 Å². The monoisotopic (exact) mass is 269 g/mol. The molecule has 0 saturated heterocycles. The fourth-order valence-corrected chi connectivity index (χ4v) is 1.68. The van der Waals surface area contributed by atoms with Gasteiger partial charge in [0, 0.05) is 18.6 Å². The highest BCUT2D eigenvalue weighted by molar-refractivity contribution is 5.94. The van der Waals surface area contributed by atoms with Crippen molar-refractivity contribution in [1.82, 2.24) is 20.3 Å². The van der Waals surface area contributed by atoms with E-state index in [2.05, 4.69) is 32.1 Å². The maximum atomic E-state index is 12.2. The fourth-order valence-electron chi connectivity index (χ4n) is 1.68. The van der Waals surface area contributed by atoms with Gasteiger partial charge < -0.3 is 16.0 Å². The summed E-state index contributed by atoms with van der Waals surface area (Å²) in [6, 6.07) is 3.23. The van der Waals surface area contributed by atoms with Gasteiger partial charge in [0.25, 0.3) is 5.91 Å². The smallest absolute Gasteiger partial charge is 0.271 e. The van der Waals surface area contributed by atoms with Gasteiger partial charge in [-0.3, -0.25) is 4.79 Å². The number of nitrogens with zero attached hydrogens (tertiary/aromatic N) is 2. The zero-order valence-corrected chi connectivity index (χ0v) is 11.1. The number of hydrogen-bond donors (Lipinski definition) is 3. The minimum atomic E-state index is -0.296. The van der Waals surface area contributed by atoms with Gasteiger partial charge >= 0.3 is 0 Å². The standard InChI is InChI=1S/C14H15N5O/c1-10(13-17-8-9-18-13)19-14(20)12-11(4-2-6-15)5-3-7-16-12/h3,5,7-10H,6,15H2,1H3,(H,17,18)(H,19,20). The molecule has 6 heteroatoms. The van der Waals surface area contributed by atoms with Crippen LogP contribution in [0.2, 0.25) is 0 Å². The van der Waals surface area contributed by atoms with Crippen LogP contribution in [0.5, 0.6) is 0 Å². The molecule has 20 heavy (non-hydrogen) atoms. The van der Waals surface area contributed by atoms with Gasteiger partial charge in [0.15, 0.2) is 0 Å². The lowest BCUT2D eigenvalue weighted by Crippen LogP contribution is -2.28. The Morgan fingerprint density at radius 3 is 3.05 bits per heavy atom. The number of rotatable bonds is 3. The lowest BCUT2D eigenvalue weighted by molar-refractivity contribution is 0.0933. The SMILES string of the molecule is CC(NC(=O)c1ncccc1C#CCN)c1ncc[nH]1. The molecule has 4 N–H and O–H groups in total. The van der Waals surface area contributed by atoms with Crippen molar-refractivity contribution < 1.29 is 4.79 Å². The summed E-state index contributed by atoms with van der Waals surface area (Å²) in [4.78, 5) is 23.4. The molecule has 2 aromatic rings. The van der Waals surface area contributed by atoms with Crippen LogP contribution in [-0.4, -0.2) is 27.4 Å². The normalized spacial score (nSPS) is 11.3. The highest BCUT2D eigenvalue weighted by Gasteiger charge is 2.16. The zero-order chi connectivity index (χ0) is 14.4. The Morgan fingerprint density at radius 1 is 1.50 bits per heavy atom. The highest BCUT2D eigenvalue weighted by atomic mass is 16.1. The molecular formula is C14H15N5O. The Kier molecular flexibility index (Phi) is 4.47. The topological polar surface area (TPSA) is 96.7 Å². The summed E-state index contributed by atoms with van der Waals surface area (Å²) in [5, 5.41) is 2.82. The van der Waals surface area contributed by atoms with Gasteiger partial charge in [0.2, 0.25) is 0 Å². The number of pyridine rings is 1. The highest BCUT2D eigenvalue weighted by Crippen LogP contribution is 2.09. The molecule has 0 aliphatic rings. The number of amides is 1. The van der Waals surface area contributed by atoms with Gasteiger partial charge in [-0.25, -0.2) is 9.97 Å². The van der Waals surface area contributed by atoms with Crippen molar-refractivity contribution in [2.45, 2.75) is 13.0 Å². The van der Waals surface area contributed by atoms with E-state index in [9.17, 15) is 4.79 Å². The van der Waals surface area contributed by atoms with Crippen LogP contribution in [0.4, 0.5) is 0 Å². The van der Waals surface area contributed by atoms with Crippen LogP contribution in [0.3, 0.4) is 0 Å². The predicted molar refractivity (Wildman–Crippen MR) is 74.6 cm³/mol. The third-order valence-corrected chi connectivity index (χ3v) is 2.63. The van der Waals surface area contributed by atoms with Crippen LogP contribution in [-0.2, 0) is 0 Å². The Morgan fingerprint density at radius 2 is 2.35 bits per heavy atom. The van der Waals surface area contributed by atoms with E-state index in [1.807, 2.05) is 6.92 Å². The molecule has 2 heterocycles. The second kappa shape index (κ2) is 6.50. The van der Waals surface area contributed by atoms with Gasteiger partial charge in [-0.15, -0.1) is 0 Å². The number of aromatic amines is 1. The number of carbonyl (C=O) groups excluding carboxylic acids is 1. The van der Waals surface area contributed by atoms with E-state index in [0.717, 1.165) is 0 Å². The molecule has 0 aromatic carbocycles. The average Bonchev–Trinajstić information content (AvgIpc) is 2.99. The summed E-state index contributed by atoms with van der Waals surface area (Å²) >= 11 is 0. The number of nitrogens with two attached hydrogens (primary N) is 1. The average molecular weight is 269 g/mol. The zero-order valence-electron chi connectivity index (χ0n) is 11.1. The largest absolute Gasteiger partial charge is 0.347 e. The van der Waals surface area contributed by atoms with Crippen LogP contribution in [0.1, 0.15) is 34.8 Å². The second-order valence-electron chi connectivity index (χ2n) is 4.08. The quantitative estimate of drug-likeness (QED) is 0.711. The number of imidazole rings is 1. The first-order chi connectivity index (χ1) is 9.72. The Hall–Kier alpha value is -2.65. The van der Waals surface area contributed by atoms with E-state index in [1.54, 1.807) is 30.7 Å². The molecule has 2 rings (SSSR count). The Balaban J connectivity index is 2.17. The summed E-state index contributed by atoms with van der Waals surface area (Å²) in [6.07, 6.45) is 4.90. The van der Waals surface area contributed by atoms with Crippen molar-refractivity contribution >= 4 is 5.91 Å². The summed E-state index contributed by atoms with van der Waals surface area (Å²) in [5.74, 6) is 5.95. The molecule has 0 radical (unpaired) electrons. The first-order valence-electron chi connectivity index (χ1n) is 6.16. The summed E-state index contributed by atoms with van der Waals surface area (Å²) in [6.45, 7) is 2.07. The van der Waals surface area contributed by atoms with Crippen molar-refractivity contribution in [2.75, 3.05) is 6.54 Å². The Labute approximate surface area is 116 Å². The van der Waals surface area contributed by atoms with Gasteiger partial charge in [-0.05, 0) is 19.1 Å². The molecule has 102 valence electrons. The van der Waals surface area contributed by atoms with Crippen molar-refractivity contribution in [3.05, 3.63) is 47.8 Å². The van der Waals surface area contributed by atoms with Crippen LogP contribution in [0, 0.1) is 11.8 Å². The first kappa shape index (κ1) is 13.8. The molecular weight excluding hydrogens is 254 g/mol. The van der Waals surface area contributed by atoms with Crippen molar-refractivity contribution in [3.8, 4) is 11.8 Å². The van der Waals surface area contributed by atoms with Crippen molar-refractivity contribution in [2.24, 2.45) is 5.73 Å². The first-order valence-corrected chi connectivity index (χ1v) is 6.16. The molecule has 2 aromatic heterocycles. The third-order valence-electron chi connectivity index (χ3n) is 2.63. The van der Waals surface area contributed by atoms with Gasteiger partial charge in [0.1, 0.15) is 11.5 Å². The molecule has 0 fully saturated rings. The van der Waals surface area contributed by atoms with Gasteiger partial charge in [-0.1, -0.05) is 11.8 Å². The van der Waals surface area contributed by atoms with Crippen LogP contribution in [0.15, 0.2) is 30.7 Å². The van der Waals surface area contributed by atoms with E-state index in [0.29, 0.717) is 11.4 Å². The van der Waals surface area contributed by atoms with Crippen LogP contribution >= 0.6 is 0 Å². The van der Waals surface area contributed by atoms with Crippen molar-refractivity contribution in [3.63, 3.8) is 0 Å². The lowest BCUT2D eigenvalue weighted by atomic mass is 10.1. The van der Waals surface area contributed by atoms with E-state index >= 15 is 0 Å². The lowest BCUT2D eigenvalue weighted by Gasteiger charge is -2.11. The fraction of sp³-hybridized carbons (Fsp3) is 0.214. The minimum Gasteiger partial charge on any atom is -0.347 e. The number of nitrogens with one attached hydrogen (secondary N) is 2. The number of aromatic nitrogens is 3. The molecule has 6 nitrogen and oxygen atoms in total. The Bertz CT molecular complexity index is 639. The van der Waals surface area contributed by atoms with Crippen LogP contribution in [0.25, 0.3) is 0 Å². The maximum Gasteiger partial charge on any atom is 0.271 e. The molecule has 1 amide bonds. The summed E-state index contributed by atoms with van der Waals surface area (Å²) in [7, 11) is 0. The second-order valence-corrected chi connectivity index (χ2v) is 4.08. The summed E-state index contributed by atoms with van der Waals surface area (Å²) in [5.41, 5.74) is 6.18. The van der Waals surface area contributed by atoms with Gasteiger partial charge in [-0.2, -0.15) is 0 Å². The number of H-pyrrole nitrogens is 1. The molecule has 1 atom stereocenters. The third kappa shape index (κ3) is 3.22. The molecule has 0 spiro atoms.